The minimum absolute atomic E-state index is 0. The molecule has 10 nitrogen and oxygen atoms in total. The molecule has 0 bridgehead atoms. The van der Waals surface area contributed by atoms with Crippen molar-refractivity contribution in [1.82, 2.24) is 0 Å². The van der Waals surface area contributed by atoms with Gasteiger partial charge in [-0.05, 0) is 211 Å². The Labute approximate surface area is 842 Å². The zero-order valence-electron chi connectivity index (χ0n) is 77.7. The number of aliphatic hydroxyl groups excluding tert-OH is 1. The fourth-order valence-corrected chi connectivity index (χ4v) is 10.2. The van der Waals surface area contributed by atoms with Gasteiger partial charge < -0.3 is 22.5 Å². The summed E-state index contributed by atoms with van der Waals surface area (Å²) in [5.74, 6) is -1.56. The third kappa shape index (κ3) is 172. The number of rotatable bonds is 62. The molecule has 0 rings (SSSR count). The quantitative estimate of drug-likeness (QED) is 0.00681. The van der Waals surface area contributed by atoms with Gasteiger partial charge in [-0.2, -0.15) is 59.2 Å². The average molecular weight is 2000 g/mol. The molecule has 0 spiro atoms. The Balaban J connectivity index is -0.000000187. The Bertz CT molecular complexity index is 3510. The summed E-state index contributed by atoms with van der Waals surface area (Å²) in [5.41, 5.74) is 0. The second-order valence-electron chi connectivity index (χ2n) is 26.0. The Morgan fingerprint density at radius 1 is 0.362 bits per heavy atom. The van der Waals surface area contributed by atoms with Gasteiger partial charge in [0.05, 0.1) is 30.2 Å². The number of aliphatic hydroxyl groups is 1. The molecule has 0 aromatic heterocycles. The van der Waals surface area contributed by atoms with Crippen LogP contribution in [0.25, 0.3) is 0 Å². The maximum Gasteiger partial charge on any atom is 1.00 e. The number of thioether (sulfide) groups is 2. The Morgan fingerprint density at radius 2 is 0.551 bits per heavy atom. The number of thiol groups is 1. The van der Waals surface area contributed by atoms with Crippen LogP contribution in [-0.4, -0.2) is 110 Å². The van der Waals surface area contributed by atoms with E-state index in [1.165, 1.54) is 18.7 Å². The Kier molecular flexibility index (Phi) is 132. The maximum atomic E-state index is 12.0. The van der Waals surface area contributed by atoms with Crippen molar-refractivity contribution in [3.8, 4) is 0 Å². The fourth-order valence-electron chi connectivity index (χ4n) is 8.00. The molecule has 714 valence electrons. The number of alkyl halides is 7. The van der Waals surface area contributed by atoms with E-state index in [1.54, 1.807) is 6.92 Å². The molecule has 0 amide bonds. The number of allylic oxidation sites excluding steroid dienone is 48. The van der Waals surface area contributed by atoms with Gasteiger partial charge in [0.1, 0.15) is 0 Å². The first-order valence-electron chi connectivity index (χ1n) is 43.2. The largest absolute Gasteiger partial charge is 1.00 e. The van der Waals surface area contributed by atoms with Crippen LogP contribution >= 0.6 is 62.8 Å². The van der Waals surface area contributed by atoms with Crippen molar-refractivity contribution in [3.05, 3.63) is 304 Å². The Morgan fingerprint density at radius 3 is 0.724 bits per heavy atom. The normalized spacial score (nSPS) is 12.7. The van der Waals surface area contributed by atoms with Gasteiger partial charge >= 0.3 is 63.7 Å². The molecule has 127 heavy (non-hydrogen) atoms. The van der Waals surface area contributed by atoms with Crippen LogP contribution in [0.1, 0.15) is 241 Å². The van der Waals surface area contributed by atoms with Gasteiger partial charge in [-0.1, -0.05) is 366 Å². The second-order valence-corrected chi connectivity index (χ2v) is 34.6. The first-order chi connectivity index (χ1) is 60.4. The summed E-state index contributed by atoms with van der Waals surface area (Å²) < 4.78 is 114. The van der Waals surface area contributed by atoms with Crippen LogP contribution in [0.4, 0.5) is 26.3 Å². The average Bonchev–Trinajstić information content (AvgIpc) is 0.938. The second kappa shape index (κ2) is 119. The van der Waals surface area contributed by atoms with E-state index in [1.807, 2.05) is 30.4 Å². The van der Waals surface area contributed by atoms with E-state index < -0.39 is 54.2 Å². The Hall–Kier alpha value is -4.74. The van der Waals surface area contributed by atoms with Crippen molar-refractivity contribution in [2.45, 2.75) is 253 Å². The van der Waals surface area contributed by atoms with Gasteiger partial charge in [-0.15, -0.1) is 0 Å². The van der Waals surface area contributed by atoms with E-state index in [9.17, 15) is 62.4 Å². The molecule has 25 heteroatoms. The van der Waals surface area contributed by atoms with Crippen molar-refractivity contribution in [3.63, 3.8) is 0 Å². The third-order valence-electron chi connectivity index (χ3n) is 14.0. The van der Waals surface area contributed by atoms with Crippen molar-refractivity contribution in [2.24, 2.45) is 0 Å². The monoisotopic (exact) mass is 2000 g/mol. The van der Waals surface area contributed by atoms with E-state index in [0.29, 0.717) is 18.6 Å². The minimum Gasteiger partial charge on any atom is -0.742 e. The predicted octanol–water partition coefficient (Wildman–Crippen LogP) is 28.5. The van der Waals surface area contributed by atoms with Crippen molar-refractivity contribution >= 4 is 116 Å². The molecule has 0 saturated heterocycles. The molecule has 0 radical (unpaired) electrons. The summed E-state index contributed by atoms with van der Waals surface area (Å²) in [6.45, 7) is 14.1. The van der Waals surface area contributed by atoms with E-state index in [4.69, 9.17) is 5.11 Å². The zero-order chi connectivity index (χ0) is 95.9. The maximum absolute atomic E-state index is 12.0. The van der Waals surface area contributed by atoms with Crippen LogP contribution in [-0.2, 0) is 55.2 Å². The van der Waals surface area contributed by atoms with Crippen LogP contribution in [0.3, 0.4) is 0 Å². The number of carbonyl (C=O) groups is 4. The predicted molar refractivity (Wildman–Crippen MR) is 552 cm³/mol. The number of halogens is 8. The van der Waals surface area contributed by atoms with Crippen molar-refractivity contribution < 1.29 is 123 Å². The molecular formula is C102H153BrClF6KO10S6. The van der Waals surface area contributed by atoms with E-state index >= 15 is 0 Å². The van der Waals surface area contributed by atoms with Gasteiger partial charge in [0.15, 0.2) is 5.12 Å². The molecule has 0 aliphatic rings. The molecule has 0 saturated carbocycles. The van der Waals surface area contributed by atoms with Gasteiger partial charge in [-0.25, -0.2) is 8.42 Å². The summed E-state index contributed by atoms with van der Waals surface area (Å²) in [7, 11) is -2.00. The van der Waals surface area contributed by atoms with Crippen molar-refractivity contribution in [2.75, 3.05) is 54.1 Å². The summed E-state index contributed by atoms with van der Waals surface area (Å²) in [6.07, 6.45) is 130. The summed E-state index contributed by atoms with van der Waals surface area (Å²) in [4.78, 5) is 40.3. The topological polar surface area (TPSA) is 166 Å². The van der Waals surface area contributed by atoms with E-state index in [2.05, 4.69) is 364 Å². The molecule has 0 aliphatic carbocycles. The first-order valence-corrected chi connectivity index (χ1v) is 52.0. The molecule has 0 unspecified atom stereocenters. The number of hydrogen-bond donors (Lipinski definition) is 2. The van der Waals surface area contributed by atoms with Crippen LogP contribution in [0.2, 0.25) is 0 Å². The fraction of sp³-hybridized carbons (Fsp3) is 0.471. The molecular weight excluding hydrogens is 1850 g/mol. The van der Waals surface area contributed by atoms with Crippen LogP contribution in [0, 0.1) is 0 Å². The molecule has 0 fully saturated rings. The molecule has 0 aromatic carbocycles. The van der Waals surface area contributed by atoms with Crippen LogP contribution in [0.15, 0.2) is 304 Å². The van der Waals surface area contributed by atoms with Crippen LogP contribution < -0.4 is 51.4 Å². The van der Waals surface area contributed by atoms with E-state index in [-0.39, 0.29) is 74.8 Å². The number of Topliss-reactive ketones (excluding diaryl/α,β-unsaturated/α-hetero) is 2. The van der Waals surface area contributed by atoms with Gasteiger partial charge in [0.25, 0.3) is 10.1 Å². The summed E-state index contributed by atoms with van der Waals surface area (Å²) in [6, 6.07) is 0. The van der Waals surface area contributed by atoms with Gasteiger partial charge in [0, 0.05) is 35.1 Å². The van der Waals surface area contributed by atoms with Gasteiger partial charge in [-0.3, -0.25) is 18.6 Å². The third-order valence-corrected chi connectivity index (χ3v) is 17.2. The molecule has 0 atom stereocenters. The summed E-state index contributed by atoms with van der Waals surface area (Å²) in [5, 5.41) is 7.88. The number of hydrogen-bond acceptors (Lipinski definition) is 14. The summed E-state index contributed by atoms with van der Waals surface area (Å²) >= 11 is 12.9. The standard InChI is InChI=1S/C21H29F3OS.C20H30OS.C19H30O3S.C18H28O.C18H28S.C3H2BrF3O.C2H4OS.CH3ClO2S.K/c1-2-3-4-5-6-7-8-9-10-11-12-13-14-15-16-17-18-26-19-20(25)21(22,23)24;1-3-4-5-6-7-8-9-10-11-12-13-14-15-16-17-18-19-22-20(2)21;1-3-4-5-6-7-8-9-10-11-12-13-14-15-16-17-18-19-22-23(2,20)21;2*1-2-3-4-5-6-7-8-9-10-11-12-13-14-15-16-17-18-19;4-1-2(8)3(5,6)7;1-2(3)4;1-5(2,3)4;/h3-4,6-7,9-10,12-13,15-16H,2,5,8,11,14,17-19H2,1H3;4-5,7-8,10-11,13-14,16-17H,3,6,9,12,15,18-19H2,1-2H3;4-5,7-8,10-11,13-14,16-17H,3,6,9,12,15,18-19H2,1-2H3;2*3-4,6-7,9-10,12-13,15-16,19H,2,5,8,11,14,17-18H2,1H3;1H2;1H3,(H,3,4);1H3;/q;;;;;;;;+1/p-1/b4-3-,7-6-,10-9-,13-12-,16-15-;2*5-4-,8-7-,11-10-,14-13-,17-16-;2*4-3-,7-6-,10-9-,13-12-,16-15-;;;;. The zero-order valence-corrected chi connectivity index (χ0v) is 88.1. The molecule has 0 heterocycles. The minimum atomic E-state index is -4.70. The molecule has 0 aromatic rings. The molecule has 0 aliphatic heterocycles. The SMILES string of the molecule is CC(=O)[S-].CC/C=C\C/C=C\C/C=C\C/C=C\C/C=C\CCO.CC/C=C\C/C=C\C/C=C\C/C=C\C/C=C\CCOS(C)(=O)=O.CC/C=C\C/C=C\C/C=C\C/C=C\C/C=C\CCS.CC/C=C\C/C=C\C/C=C\C/C=C\C/C=C\CCSC(C)=O.CC/C=C\C/C=C\C/C=C\C/C=C\C/C=C\CCSCC(=O)C(F)(F)F.CS(=O)(=O)Cl.O=C(CBr)C(F)(F)F.[K+]. The smallest absolute Gasteiger partial charge is 0.742 e. The van der Waals surface area contributed by atoms with Gasteiger partial charge in [0.2, 0.25) is 20.6 Å². The first kappa shape index (κ1) is 140. The van der Waals surface area contributed by atoms with Crippen molar-refractivity contribution in [1.29, 1.82) is 0 Å². The van der Waals surface area contributed by atoms with E-state index in [0.717, 1.165) is 216 Å². The van der Waals surface area contributed by atoms with Crippen LogP contribution in [0.5, 0.6) is 0 Å². The number of ketones is 2. The number of carbonyl (C=O) groups excluding carboxylic acids is 4. The molecule has 1 N–H and O–H groups in total.